The van der Waals surface area contributed by atoms with E-state index in [1.807, 2.05) is 34.5 Å². The molecule has 1 aromatic carbocycles. The van der Waals surface area contributed by atoms with Gasteiger partial charge in [0.25, 0.3) is 5.89 Å². The molecule has 0 radical (unpaired) electrons. The first kappa shape index (κ1) is 22.3. The predicted molar refractivity (Wildman–Crippen MR) is 125 cm³/mol. The molecule has 0 bridgehead atoms. The summed E-state index contributed by atoms with van der Waals surface area (Å²) in [6, 6.07) is 12.0. The molecule has 0 atom stereocenters. The number of amides is 1. The first-order chi connectivity index (χ1) is 15.7. The van der Waals surface area contributed by atoms with Gasteiger partial charge in [-0.25, -0.2) is 0 Å². The van der Waals surface area contributed by atoms with Gasteiger partial charge in [0.05, 0.1) is 25.1 Å². The van der Waals surface area contributed by atoms with Crippen molar-refractivity contribution >= 4 is 22.9 Å². The SMILES string of the molecule is CCCN(Cc1nnc(-c2cccs2)o1)C(=O)CN1CCN(c2cccc(OC)c2)CC1. The smallest absolute Gasteiger partial charge is 0.257 e. The molecule has 1 aliphatic heterocycles. The Morgan fingerprint density at radius 3 is 2.75 bits per heavy atom. The van der Waals surface area contributed by atoms with Crippen molar-refractivity contribution in [2.75, 3.05) is 51.3 Å². The summed E-state index contributed by atoms with van der Waals surface area (Å²) in [6.07, 6.45) is 0.876. The van der Waals surface area contributed by atoms with Crippen molar-refractivity contribution in [3.05, 3.63) is 47.7 Å². The molecule has 3 aromatic rings. The Kier molecular flexibility index (Phi) is 7.39. The molecule has 9 heteroatoms. The molecule has 1 fully saturated rings. The van der Waals surface area contributed by atoms with Crippen LogP contribution in [0.2, 0.25) is 0 Å². The summed E-state index contributed by atoms with van der Waals surface area (Å²) < 4.78 is 11.1. The monoisotopic (exact) mass is 455 g/mol. The van der Waals surface area contributed by atoms with E-state index in [2.05, 4.69) is 39.1 Å². The summed E-state index contributed by atoms with van der Waals surface area (Å²) in [5, 5.41) is 10.2. The Morgan fingerprint density at radius 2 is 2.03 bits per heavy atom. The van der Waals surface area contributed by atoms with Gasteiger partial charge in [-0.2, -0.15) is 0 Å². The number of rotatable bonds is 9. The Morgan fingerprint density at radius 1 is 1.19 bits per heavy atom. The highest BCUT2D eigenvalue weighted by molar-refractivity contribution is 7.13. The van der Waals surface area contributed by atoms with Gasteiger partial charge in [0.1, 0.15) is 5.75 Å². The average Bonchev–Trinajstić information content (AvgIpc) is 3.51. The molecular formula is C23H29N5O3S. The molecule has 32 heavy (non-hydrogen) atoms. The van der Waals surface area contributed by atoms with Crippen LogP contribution in [-0.2, 0) is 11.3 Å². The van der Waals surface area contributed by atoms with Crippen LogP contribution in [0.25, 0.3) is 10.8 Å². The van der Waals surface area contributed by atoms with Crippen molar-refractivity contribution in [2.45, 2.75) is 19.9 Å². The van der Waals surface area contributed by atoms with Crippen LogP contribution in [0.3, 0.4) is 0 Å². The Hall–Kier alpha value is -2.91. The lowest BCUT2D eigenvalue weighted by Gasteiger charge is -2.36. The van der Waals surface area contributed by atoms with Crippen LogP contribution < -0.4 is 9.64 Å². The van der Waals surface area contributed by atoms with E-state index in [0.717, 1.165) is 48.9 Å². The number of nitrogens with zero attached hydrogens (tertiary/aromatic N) is 5. The molecule has 4 rings (SSSR count). The summed E-state index contributed by atoms with van der Waals surface area (Å²) in [7, 11) is 1.68. The summed E-state index contributed by atoms with van der Waals surface area (Å²) >= 11 is 1.55. The van der Waals surface area contributed by atoms with Crippen molar-refractivity contribution in [3.8, 4) is 16.5 Å². The van der Waals surface area contributed by atoms with Crippen LogP contribution in [0, 0.1) is 0 Å². The molecule has 0 aliphatic carbocycles. The molecule has 0 N–H and O–H groups in total. The second kappa shape index (κ2) is 10.6. The fourth-order valence-corrected chi connectivity index (χ4v) is 4.45. The molecular weight excluding hydrogens is 426 g/mol. The summed E-state index contributed by atoms with van der Waals surface area (Å²) in [5.74, 6) is 1.93. The third-order valence-corrected chi connectivity index (χ3v) is 6.38. The van der Waals surface area contributed by atoms with E-state index in [1.165, 1.54) is 0 Å². The van der Waals surface area contributed by atoms with Gasteiger partial charge in [-0.3, -0.25) is 9.69 Å². The molecule has 1 amide bonds. The summed E-state index contributed by atoms with van der Waals surface area (Å²) in [5.41, 5.74) is 1.15. The second-order valence-corrected chi connectivity index (χ2v) is 8.71. The van der Waals surface area contributed by atoms with Crippen LogP contribution >= 0.6 is 11.3 Å². The molecule has 3 heterocycles. The van der Waals surface area contributed by atoms with Gasteiger partial charge >= 0.3 is 0 Å². The third kappa shape index (κ3) is 5.46. The molecule has 0 saturated carbocycles. The van der Waals surface area contributed by atoms with Gasteiger partial charge in [0.15, 0.2) is 0 Å². The van der Waals surface area contributed by atoms with Gasteiger partial charge in [-0.05, 0) is 30.0 Å². The van der Waals surface area contributed by atoms with Gasteiger partial charge in [0.2, 0.25) is 11.8 Å². The highest BCUT2D eigenvalue weighted by Gasteiger charge is 2.23. The Bertz CT molecular complexity index is 999. The van der Waals surface area contributed by atoms with Gasteiger partial charge in [0, 0.05) is 44.5 Å². The predicted octanol–water partition coefficient (Wildman–Crippen LogP) is 3.37. The van der Waals surface area contributed by atoms with Crippen molar-refractivity contribution < 1.29 is 13.9 Å². The first-order valence-corrected chi connectivity index (χ1v) is 11.8. The summed E-state index contributed by atoms with van der Waals surface area (Å²) in [4.78, 5) is 20.3. The quantitative estimate of drug-likeness (QED) is 0.490. The minimum absolute atomic E-state index is 0.0950. The fraction of sp³-hybridized carbons (Fsp3) is 0.435. The molecule has 8 nitrogen and oxygen atoms in total. The third-order valence-electron chi connectivity index (χ3n) is 5.52. The maximum Gasteiger partial charge on any atom is 0.257 e. The lowest BCUT2D eigenvalue weighted by Crippen LogP contribution is -2.50. The topological polar surface area (TPSA) is 74.9 Å². The van der Waals surface area contributed by atoms with Crippen molar-refractivity contribution in [1.82, 2.24) is 20.0 Å². The zero-order valence-corrected chi connectivity index (χ0v) is 19.4. The van der Waals surface area contributed by atoms with Crippen LogP contribution in [0.1, 0.15) is 19.2 Å². The van der Waals surface area contributed by atoms with E-state index in [4.69, 9.17) is 9.15 Å². The van der Waals surface area contributed by atoms with E-state index in [0.29, 0.717) is 31.4 Å². The van der Waals surface area contributed by atoms with E-state index < -0.39 is 0 Å². The number of anilines is 1. The van der Waals surface area contributed by atoms with E-state index >= 15 is 0 Å². The number of thiophene rings is 1. The molecule has 0 spiro atoms. The largest absolute Gasteiger partial charge is 0.497 e. The zero-order chi connectivity index (χ0) is 22.3. The number of aromatic nitrogens is 2. The number of carbonyl (C=O) groups is 1. The average molecular weight is 456 g/mol. The number of piperazine rings is 1. The minimum Gasteiger partial charge on any atom is -0.497 e. The van der Waals surface area contributed by atoms with Gasteiger partial charge in [-0.15, -0.1) is 21.5 Å². The molecule has 170 valence electrons. The Labute approximate surface area is 192 Å². The molecule has 2 aromatic heterocycles. The van der Waals surface area contributed by atoms with Crippen LogP contribution in [0.15, 0.2) is 46.2 Å². The molecule has 1 aliphatic rings. The maximum absolute atomic E-state index is 13.0. The van der Waals surface area contributed by atoms with Crippen LogP contribution in [-0.4, -0.2) is 72.3 Å². The van der Waals surface area contributed by atoms with Crippen LogP contribution in [0.4, 0.5) is 5.69 Å². The van der Waals surface area contributed by atoms with Gasteiger partial charge < -0.3 is 19.0 Å². The first-order valence-electron chi connectivity index (χ1n) is 10.9. The lowest BCUT2D eigenvalue weighted by molar-refractivity contribution is -0.133. The molecule has 0 unspecified atom stereocenters. The standard InChI is InChI=1S/C23H29N5O3S/c1-3-9-28(16-21-24-25-23(31-21)20-8-5-14-32-20)22(29)17-26-10-12-27(13-11-26)18-6-4-7-19(15-18)30-2/h4-8,14-15H,3,9-13,16-17H2,1-2H3. The van der Waals surface area contributed by atoms with E-state index in [-0.39, 0.29) is 5.91 Å². The lowest BCUT2D eigenvalue weighted by atomic mass is 10.2. The Balaban J connectivity index is 1.31. The number of hydrogen-bond donors (Lipinski definition) is 0. The zero-order valence-electron chi connectivity index (χ0n) is 18.6. The normalized spacial score (nSPS) is 14.5. The van der Waals surface area contributed by atoms with Crippen molar-refractivity contribution in [1.29, 1.82) is 0 Å². The summed E-state index contributed by atoms with van der Waals surface area (Å²) in [6.45, 7) is 6.91. The van der Waals surface area contributed by atoms with Gasteiger partial charge in [-0.1, -0.05) is 19.1 Å². The number of methoxy groups -OCH3 is 1. The van der Waals surface area contributed by atoms with Crippen LogP contribution in [0.5, 0.6) is 5.75 Å². The van der Waals surface area contributed by atoms with Crippen molar-refractivity contribution in [2.24, 2.45) is 0 Å². The maximum atomic E-state index is 13.0. The highest BCUT2D eigenvalue weighted by Crippen LogP contribution is 2.24. The van der Waals surface area contributed by atoms with E-state index in [1.54, 1.807) is 18.4 Å². The highest BCUT2D eigenvalue weighted by atomic mass is 32.1. The van der Waals surface area contributed by atoms with E-state index in [9.17, 15) is 4.79 Å². The number of hydrogen-bond acceptors (Lipinski definition) is 8. The fourth-order valence-electron chi connectivity index (χ4n) is 3.81. The minimum atomic E-state index is 0.0950. The molecule has 1 saturated heterocycles. The number of carbonyl (C=O) groups excluding carboxylic acids is 1. The number of ether oxygens (including phenoxy) is 1. The van der Waals surface area contributed by atoms with Crippen molar-refractivity contribution in [3.63, 3.8) is 0 Å². The second-order valence-electron chi connectivity index (χ2n) is 7.76. The number of benzene rings is 1.